The molecular formula is C18H30N2. The molecule has 2 rings (SSSR count). The van der Waals surface area contributed by atoms with Crippen molar-refractivity contribution in [3.8, 4) is 0 Å². The molecule has 1 aromatic carbocycles. The van der Waals surface area contributed by atoms with Gasteiger partial charge >= 0.3 is 0 Å². The lowest BCUT2D eigenvalue weighted by atomic mass is 10.0. The van der Waals surface area contributed by atoms with Crippen LogP contribution in [0.5, 0.6) is 0 Å². The lowest BCUT2D eigenvalue weighted by molar-refractivity contribution is 0.540. The molecule has 0 aliphatic heterocycles. The fourth-order valence-corrected chi connectivity index (χ4v) is 3.35. The largest absolute Gasteiger partial charge is 0.374 e. The number of nitrogens with one attached hydrogen (secondary N) is 1. The van der Waals surface area contributed by atoms with Crippen molar-refractivity contribution in [1.82, 2.24) is 5.32 Å². The van der Waals surface area contributed by atoms with Gasteiger partial charge in [0.2, 0.25) is 0 Å². The molecule has 0 spiro atoms. The summed E-state index contributed by atoms with van der Waals surface area (Å²) < 4.78 is 0. The van der Waals surface area contributed by atoms with E-state index in [0.29, 0.717) is 6.04 Å². The number of hydrogen-bond donors (Lipinski definition) is 1. The second kappa shape index (κ2) is 7.68. The Hall–Kier alpha value is -1.02. The first-order chi connectivity index (χ1) is 9.72. The SMILES string of the molecule is CCCNC(C)c1ccccc1N(C)CC1CCCC1. The number of para-hydroxylation sites is 1. The van der Waals surface area contributed by atoms with E-state index in [-0.39, 0.29) is 0 Å². The van der Waals surface area contributed by atoms with Crippen molar-refractivity contribution in [2.24, 2.45) is 5.92 Å². The van der Waals surface area contributed by atoms with Gasteiger partial charge in [-0.15, -0.1) is 0 Å². The predicted molar refractivity (Wildman–Crippen MR) is 88.4 cm³/mol. The van der Waals surface area contributed by atoms with E-state index in [1.807, 2.05) is 0 Å². The fraction of sp³-hybridized carbons (Fsp3) is 0.667. The Balaban J connectivity index is 2.05. The maximum Gasteiger partial charge on any atom is 0.0412 e. The molecule has 1 saturated carbocycles. The van der Waals surface area contributed by atoms with E-state index in [4.69, 9.17) is 0 Å². The van der Waals surface area contributed by atoms with Crippen molar-refractivity contribution in [1.29, 1.82) is 0 Å². The molecule has 0 amide bonds. The Kier molecular flexibility index (Phi) is 5.90. The van der Waals surface area contributed by atoms with E-state index in [2.05, 4.69) is 55.4 Å². The van der Waals surface area contributed by atoms with Gasteiger partial charge in [0.1, 0.15) is 0 Å². The van der Waals surface area contributed by atoms with Crippen molar-refractivity contribution in [3.63, 3.8) is 0 Å². The van der Waals surface area contributed by atoms with Crippen LogP contribution in [0.4, 0.5) is 5.69 Å². The van der Waals surface area contributed by atoms with Gasteiger partial charge in [0.05, 0.1) is 0 Å². The highest BCUT2D eigenvalue weighted by Gasteiger charge is 2.19. The summed E-state index contributed by atoms with van der Waals surface area (Å²) >= 11 is 0. The molecule has 1 unspecified atom stereocenters. The van der Waals surface area contributed by atoms with Crippen LogP contribution in [-0.4, -0.2) is 20.1 Å². The predicted octanol–water partition coefficient (Wildman–Crippen LogP) is 4.37. The van der Waals surface area contributed by atoms with Crippen LogP contribution < -0.4 is 10.2 Å². The monoisotopic (exact) mass is 274 g/mol. The zero-order valence-electron chi connectivity index (χ0n) is 13.4. The van der Waals surface area contributed by atoms with Crippen molar-refractivity contribution >= 4 is 5.69 Å². The Labute approximate surface area is 124 Å². The molecule has 1 aliphatic carbocycles. The number of nitrogens with zero attached hydrogens (tertiary/aromatic N) is 1. The van der Waals surface area contributed by atoms with Gasteiger partial charge in [0.15, 0.2) is 0 Å². The molecule has 2 nitrogen and oxygen atoms in total. The highest BCUT2D eigenvalue weighted by Crippen LogP contribution is 2.30. The summed E-state index contributed by atoms with van der Waals surface area (Å²) in [5, 5.41) is 3.61. The second-order valence-electron chi connectivity index (χ2n) is 6.27. The van der Waals surface area contributed by atoms with E-state index in [1.165, 1.54) is 49.9 Å². The number of anilines is 1. The molecule has 1 aromatic rings. The van der Waals surface area contributed by atoms with Gasteiger partial charge in [-0.25, -0.2) is 0 Å². The standard InChI is InChI=1S/C18H30N2/c1-4-13-19-15(2)17-11-7-8-12-18(17)20(3)14-16-9-5-6-10-16/h7-8,11-12,15-16,19H,4-6,9-10,13-14H2,1-3H3. The number of benzene rings is 1. The third-order valence-electron chi connectivity index (χ3n) is 4.52. The van der Waals surface area contributed by atoms with Crippen LogP contribution >= 0.6 is 0 Å². The third-order valence-corrected chi connectivity index (χ3v) is 4.52. The molecule has 1 aliphatic rings. The zero-order chi connectivity index (χ0) is 14.4. The minimum absolute atomic E-state index is 0.428. The maximum absolute atomic E-state index is 3.61. The van der Waals surface area contributed by atoms with Crippen molar-refractivity contribution in [2.75, 3.05) is 25.0 Å². The van der Waals surface area contributed by atoms with Crippen LogP contribution in [0, 0.1) is 5.92 Å². The minimum atomic E-state index is 0.428. The first-order valence-corrected chi connectivity index (χ1v) is 8.25. The maximum atomic E-state index is 3.61. The average Bonchev–Trinajstić information content (AvgIpc) is 2.97. The molecule has 2 heteroatoms. The average molecular weight is 274 g/mol. The minimum Gasteiger partial charge on any atom is -0.374 e. The molecule has 112 valence electrons. The fourth-order valence-electron chi connectivity index (χ4n) is 3.35. The summed E-state index contributed by atoms with van der Waals surface area (Å²) in [6.45, 7) is 6.79. The lowest BCUT2D eigenvalue weighted by Gasteiger charge is -2.27. The van der Waals surface area contributed by atoms with Gasteiger partial charge in [-0.2, -0.15) is 0 Å². The molecule has 0 radical (unpaired) electrons. The lowest BCUT2D eigenvalue weighted by Crippen LogP contribution is -2.27. The van der Waals surface area contributed by atoms with Crippen LogP contribution in [0.1, 0.15) is 57.6 Å². The Bertz CT molecular complexity index is 396. The Morgan fingerprint density at radius 3 is 2.65 bits per heavy atom. The smallest absolute Gasteiger partial charge is 0.0412 e. The number of hydrogen-bond acceptors (Lipinski definition) is 2. The quantitative estimate of drug-likeness (QED) is 0.794. The van der Waals surface area contributed by atoms with Gasteiger partial charge in [0.25, 0.3) is 0 Å². The van der Waals surface area contributed by atoms with E-state index in [0.717, 1.165) is 12.5 Å². The molecule has 0 heterocycles. The van der Waals surface area contributed by atoms with Crippen molar-refractivity contribution < 1.29 is 0 Å². The summed E-state index contributed by atoms with van der Waals surface area (Å²) in [5.74, 6) is 0.895. The van der Waals surface area contributed by atoms with Crippen LogP contribution in [0.25, 0.3) is 0 Å². The molecule has 1 N–H and O–H groups in total. The van der Waals surface area contributed by atoms with Gasteiger partial charge in [-0.05, 0) is 50.3 Å². The molecule has 1 fully saturated rings. The molecule has 0 aromatic heterocycles. The van der Waals surface area contributed by atoms with Gasteiger partial charge in [0, 0.05) is 25.3 Å². The first-order valence-electron chi connectivity index (χ1n) is 8.25. The van der Waals surface area contributed by atoms with Gasteiger partial charge in [-0.1, -0.05) is 38.0 Å². The molecule has 0 bridgehead atoms. The van der Waals surface area contributed by atoms with E-state index in [1.54, 1.807) is 0 Å². The van der Waals surface area contributed by atoms with Crippen LogP contribution in [-0.2, 0) is 0 Å². The summed E-state index contributed by atoms with van der Waals surface area (Å²) in [7, 11) is 2.25. The second-order valence-corrected chi connectivity index (χ2v) is 6.27. The van der Waals surface area contributed by atoms with Crippen molar-refractivity contribution in [3.05, 3.63) is 29.8 Å². The summed E-state index contributed by atoms with van der Waals surface area (Å²) in [4.78, 5) is 2.47. The zero-order valence-corrected chi connectivity index (χ0v) is 13.4. The first kappa shape index (κ1) is 15.4. The van der Waals surface area contributed by atoms with Gasteiger partial charge in [-0.3, -0.25) is 0 Å². The van der Waals surface area contributed by atoms with Crippen molar-refractivity contribution in [2.45, 2.75) is 52.0 Å². The summed E-state index contributed by atoms with van der Waals surface area (Å²) in [6, 6.07) is 9.29. The van der Waals surface area contributed by atoms with Crippen LogP contribution in [0.2, 0.25) is 0 Å². The van der Waals surface area contributed by atoms with Crippen LogP contribution in [0.3, 0.4) is 0 Å². The summed E-state index contributed by atoms with van der Waals surface area (Å²) in [5.41, 5.74) is 2.83. The third kappa shape index (κ3) is 3.99. The topological polar surface area (TPSA) is 15.3 Å². The van der Waals surface area contributed by atoms with E-state index < -0.39 is 0 Å². The molecular weight excluding hydrogens is 244 g/mol. The Morgan fingerprint density at radius 1 is 1.25 bits per heavy atom. The Morgan fingerprint density at radius 2 is 1.95 bits per heavy atom. The highest BCUT2D eigenvalue weighted by molar-refractivity contribution is 5.54. The van der Waals surface area contributed by atoms with E-state index in [9.17, 15) is 0 Å². The summed E-state index contributed by atoms with van der Waals surface area (Å²) in [6.07, 6.45) is 6.86. The normalized spacial score (nSPS) is 17.4. The molecule has 20 heavy (non-hydrogen) atoms. The van der Waals surface area contributed by atoms with Crippen LogP contribution in [0.15, 0.2) is 24.3 Å². The number of rotatable bonds is 7. The molecule has 1 atom stereocenters. The molecule has 0 saturated heterocycles. The van der Waals surface area contributed by atoms with E-state index >= 15 is 0 Å². The van der Waals surface area contributed by atoms with Gasteiger partial charge < -0.3 is 10.2 Å². The highest BCUT2D eigenvalue weighted by atomic mass is 15.1.